The Morgan fingerprint density at radius 2 is 1.81 bits per heavy atom. The Balaban J connectivity index is 2.82. The number of isocyanates is 1. The Morgan fingerprint density at radius 3 is 2.25 bits per heavy atom. The van der Waals surface area contributed by atoms with E-state index in [2.05, 4.69) is 4.99 Å². The highest BCUT2D eigenvalue weighted by molar-refractivity contribution is 6.71. The van der Waals surface area contributed by atoms with E-state index in [1.54, 1.807) is 24.3 Å². The number of rotatable bonds is 3. The fourth-order valence-corrected chi connectivity index (χ4v) is 1.74. The Labute approximate surface area is 95.1 Å². The van der Waals surface area contributed by atoms with Gasteiger partial charge in [-0.1, -0.05) is 0 Å². The molecule has 16 heavy (non-hydrogen) atoms. The summed E-state index contributed by atoms with van der Waals surface area (Å²) in [5.41, 5.74) is 0.937. The lowest BCUT2D eigenvalue weighted by atomic mass is 10.2. The number of hydrogen-bond donors (Lipinski definition) is 0. The third-order valence-corrected chi connectivity index (χ3v) is 2.47. The first-order chi connectivity index (χ1) is 7.42. The predicted octanol–water partition coefficient (Wildman–Crippen LogP) is 2.65. The highest BCUT2D eigenvalue weighted by Gasteiger charge is 2.20. The van der Waals surface area contributed by atoms with Gasteiger partial charge in [-0.3, -0.25) is 0 Å². The van der Waals surface area contributed by atoms with Crippen molar-refractivity contribution in [3.05, 3.63) is 29.8 Å². The Morgan fingerprint density at radius 1 is 1.25 bits per heavy atom. The normalized spacial score (nSPS) is 10.4. The molecule has 0 amide bonds. The van der Waals surface area contributed by atoms with E-state index in [-0.39, 0.29) is 5.97 Å². The summed E-state index contributed by atoms with van der Waals surface area (Å²) in [7, 11) is -1.87. The Hall–Kier alpha value is -1.71. The molecule has 1 aromatic carbocycles. The van der Waals surface area contributed by atoms with E-state index in [1.165, 1.54) is 6.08 Å². The smallest absolute Gasteiger partial charge is 0.324 e. The molecule has 0 aliphatic rings. The van der Waals surface area contributed by atoms with Gasteiger partial charge in [-0.05, 0) is 43.9 Å². The van der Waals surface area contributed by atoms with E-state index < -0.39 is 8.32 Å². The summed E-state index contributed by atoms with van der Waals surface area (Å²) < 4.78 is 5.32. The molecule has 0 aromatic heterocycles. The average molecular weight is 235 g/mol. The monoisotopic (exact) mass is 235 g/mol. The second-order valence-corrected chi connectivity index (χ2v) is 8.68. The molecule has 4 nitrogen and oxygen atoms in total. The number of nitrogens with zero attached hydrogens (tertiary/aromatic N) is 1. The highest BCUT2D eigenvalue weighted by atomic mass is 28.4. The summed E-state index contributed by atoms with van der Waals surface area (Å²) in [6.07, 6.45) is 1.44. The van der Waals surface area contributed by atoms with Gasteiger partial charge in [0.1, 0.15) is 0 Å². The van der Waals surface area contributed by atoms with E-state index in [0.717, 1.165) is 0 Å². The van der Waals surface area contributed by atoms with E-state index in [1.807, 2.05) is 19.6 Å². The van der Waals surface area contributed by atoms with E-state index >= 15 is 0 Å². The van der Waals surface area contributed by atoms with Crippen molar-refractivity contribution >= 4 is 26.1 Å². The van der Waals surface area contributed by atoms with Crippen molar-refractivity contribution in [2.24, 2.45) is 4.99 Å². The maximum absolute atomic E-state index is 11.6. The fraction of sp³-hybridized carbons (Fsp3) is 0.273. The number of carbonyl (C=O) groups is 1. The molecular weight excluding hydrogens is 222 g/mol. The third kappa shape index (κ3) is 3.80. The molecule has 5 heteroatoms. The van der Waals surface area contributed by atoms with Crippen molar-refractivity contribution in [1.29, 1.82) is 0 Å². The van der Waals surface area contributed by atoms with Crippen LogP contribution in [0, 0.1) is 0 Å². The fourth-order valence-electron chi connectivity index (χ4n) is 1.06. The van der Waals surface area contributed by atoms with Crippen LogP contribution in [-0.4, -0.2) is 20.4 Å². The molecule has 0 saturated heterocycles. The molecule has 1 aromatic rings. The standard InChI is InChI=1S/C11H13NO3Si/c1-16(2,3)15-11(14)9-4-6-10(7-5-9)12-8-13/h4-7H,1-3H3. The van der Waals surface area contributed by atoms with Crippen LogP contribution in [-0.2, 0) is 9.22 Å². The van der Waals surface area contributed by atoms with Crippen LogP contribution in [0.3, 0.4) is 0 Å². The van der Waals surface area contributed by atoms with Crippen molar-refractivity contribution < 1.29 is 14.0 Å². The maximum atomic E-state index is 11.6. The van der Waals surface area contributed by atoms with Gasteiger partial charge >= 0.3 is 5.97 Å². The van der Waals surface area contributed by atoms with Crippen LogP contribution in [0.2, 0.25) is 19.6 Å². The van der Waals surface area contributed by atoms with Crippen molar-refractivity contribution in [2.75, 3.05) is 0 Å². The average Bonchev–Trinajstić information content (AvgIpc) is 2.16. The van der Waals surface area contributed by atoms with Gasteiger partial charge in [-0.25, -0.2) is 9.59 Å². The van der Waals surface area contributed by atoms with Crippen LogP contribution >= 0.6 is 0 Å². The zero-order chi connectivity index (χ0) is 12.2. The van der Waals surface area contributed by atoms with Crippen LogP contribution in [0.4, 0.5) is 5.69 Å². The lowest BCUT2D eigenvalue weighted by Crippen LogP contribution is -2.29. The topological polar surface area (TPSA) is 55.7 Å². The molecule has 0 atom stereocenters. The van der Waals surface area contributed by atoms with Gasteiger partial charge in [0, 0.05) is 0 Å². The highest BCUT2D eigenvalue weighted by Crippen LogP contribution is 2.14. The minimum atomic E-state index is -1.87. The molecule has 0 unspecified atom stereocenters. The SMILES string of the molecule is C[Si](C)(C)OC(=O)c1ccc(N=C=O)cc1. The van der Waals surface area contributed by atoms with E-state index in [9.17, 15) is 9.59 Å². The zero-order valence-corrected chi connectivity index (χ0v) is 10.5. The van der Waals surface area contributed by atoms with Gasteiger partial charge < -0.3 is 4.43 Å². The summed E-state index contributed by atoms with van der Waals surface area (Å²) in [5.74, 6) is -0.333. The van der Waals surface area contributed by atoms with Gasteiger partial charge in [0.2, 0.25) is 14.4 Å². The van der Waals surface area contributed by atoms with Crippen LogP contribution in [0.5, 0.6) is 0 Å². The molecule has 0 saturated carbocycles. The molecule has 0 radical (unpaired) electrons. The number of carbonyl (C=O) groups excluding carboxylic acids is 2. The molecule has 0 aliphatic heterocycles. The van der Waals surface area contributed by atoms with Crippen molar-refractivity contribution in [3.63, 3.8) is 0 Å². The first kappa shape index (κ1) is 12.4. The number of hydrogen-bond acceptors (Lipinski definition) is 4. The Bertz CT molecular complexity index is 428. The molecule has 0 fully saturated rings. The van der Waals surface area contributed by atoms with E-state index in [4.69, 9.17) is 4.43 Å². The van der Waals surface area contributed by atoms with Gasteiger partial charge in [0.25, 0.3) is 0 Å². The molecular formula is C11H13NO3Si. The lowest BCUT2D eigenvalue weighted by molar-refractivity contribution is 0.0724. The van der Waals surface area contributed by atoms with Crippen LogP contribution in [0.25, 0.3) is 0 Å². The van der Waals surface area contributed by atoms with Crippen LogP contribution in [0.15, 0.2) is 29.3 Å². The molecule has 0 spiro atoms. The van der Waals surface area contributed by atoms with Gasteiger partial charge in [-0.15, -0.1) is 0 Å². The summed E-state index contributed by atoms with van der Waals surface area (Å²) in [5, 5.41) is 0. The lowest BCUT2D eigenvalue weighted by Gasteiger charge is -2.17. The van der Waals surface area contributed by atoms with Crippen molar-refractivity contribution in [3.8, 4) is 0 Å². The third-order valence-electron chi connectivity index (χ3n) is 1.68. The zero-order valence-electron chi connectivity index (χ0n) is 9.48. The molecule has 0 bridgehead atoms. The summed E-state index contributed by atoms with van der Waals surface area (Å²) in [6.45, 7) is 5.82. The largest absolute Gasteiger partial charge is 0.516 e. The molecule has 84 valence electrons. The van der Waals surface area contributed by atoms with Crippen LogP contribution in [0.1, 0.15) is 10.4 Å². The first-order valence-electron chi connectivity index (χ1n) is 4.84. The summed E-state index contributed by atoms with van der Waals surface area (Å²) in [4.78, 5) is 25.1. The molecule has 0 N–H and O–H groups in total. The van der Waals surface area contributed by atoms with Gasteiger partial charge in [0.15, 0.2) is 0 Å². The maximum Gasteiger partial charge on any atom is 0.324 e. The van der Waals surface area contributed by atoms with E-state index in [0.29, 0.717) is 11.3 Å². The summed E-state index contributed by atoms with van der Waals surface area (Å²) >= 11 is 0. The quantitative estimate of drug-likeness (QED) is 0.460. The number of benzene rings is 1. The minimum absolute atomic E-state index is 0.333. The van der Waals surface area contributed by atoms with Gasteiger partial charge in [0.05, 0.1) is 11.3 Å². The van der Waals surface area contributed by atoms with Crippen molar-refractivity contribution in [2.45, 2.75) is 19.6 Å². The number of aliphatic imine (C=N–C) groups is 1. The molecule has 1 rings (SSSR count). The molecule has 0 heterocycles. The second-order valence-electron chi connectivity index (χ2n) is 4.25. The second kappa shape index (κ2) is 4.87. The Kier molecular flexibility index (Phi) is 3.76. The first-order valence-corrected chi connectivity index (χ1v) is 8.24. The van der Waals surface area contributed by atoms with Crippen molar-refractivity contribution in [1.82, 2.24) is 0 Å². The minimum Gasteiger partial charge on any atom is -0.516 e. The summed E-state index contributed by atoms with van der Waals surface area (Å²) in [6, 6.07) is 6.31. The predicted molar refractivity (Wildman–Crippen MR) is 63.0 cm³/mol. The molecule has 0 aliphatic carbocycles. The van der Waals surface area contributed by atoms with Gasteiger partial charge in [-0.2, -0.15) is 4.99 Å². The van der Waals surface area contributed by atoms with Crippen LogP contribution < -0.4 is 0 Å².